The fourth-order valence-electron chi connectivity index (χ4n) is 5.06. The molecule has 0 spiro atoms. The number of fused-ring (bicyclic) bond motifs is 2. The summed E-state index contributed by atoms with van der Waals surface area (Å²) in [5, 5.41) is 5.63. The average molecular weight is 507 g/mol. The molecule has 1 aliphatic rings. The molecule has 0 amide bonds. The van der Waals surface area contributed by atoms with Gasteiger partial charge in [0.25, 0.3) is 5.56 Å². The fourth-order valence-corrected chi connectivity index (χ4v) is 5.06. The summed E-state index contributed by atoms with van der Waals surface area (Å²) in [5.74, 6) is 0.844. The normalized spacial score (nSPS) is 14.2. The second-order valence-electron chi connectivity index (χ2n) is 9.76. The Bertz CT molecular complexity index is 1700. The standard InChI is InChI=1S/C30H30N6O2/c1-3-22-14-27-28(34-30(22)37)12-21(15-31-27)18-35-10-8-23(9-11-35)24-13-25-17-33-36(29(25)32-16-24)19-20-4-6-26(38-2)7-5-20/h4-8,12-17H,3,9-11,18-19H2,1-2H3,(H,34,37). The highest BCUT2D eigenvalue weighted by Gasteiger charge is 2.16. The number of aromatic nitrogens is 5. The Kier molecular flexibility index (Phi) is 6.47. The van der Waals surface area contributed by atoms with Crippen molar-refractivity contribution < 1.29 is 4.74 Å². The van der Waals surface area contributed by atoms with E-state index in [2.05, 4.69) is 44.2 Å². The van der Waals surface area contributed by atoms with Crippen molar-refractivity contribution in [2.45, 2.75) is 32.9 Å². The number of aromatic amines is 1. The van der Waals surface area contributed by atoms with Crippen LogP contribution < -0.4 is 10.3 Å². The molecule has 0 aliphatic carbocycles. The molecule has 1 aromatic carbocycles. The molecule has 0 saturated heterocycles. The number of ether oxygens (including phenoxy) is 1. The van der Waals surface area contributed by atoms with Crippen molar-refractivity contribution in [1.29, 1.82) is 0 Å². The van der Waals surface area contributed by atoms with Crippen LogP contribution in [0.4, 0.5) is 0 Å². The van der Waals surface area contributed by atoms with Crippen LogP contribution in [0.2, 0.25) is 0 Å². The summed E-state index contributed by atoms with van der Waals surface area (Å²) in [6.07, 6.45) is 9.71. The largest absolute Gasteiger partial charge is 0.497 e. The van der Waals surface area contributed by atoms with Gasteiger partial charge in [-0.15, -0.1) is 0 Å². The summed E-state index contributed by atoms with van der Waals surface area (Å²) in [4.78, 5) is 26.9. The zero-order valence-electron chi connectivity index (χ0n) is 21.6. The molecule has 6 rings (SSSR count). The van der Waals surface area contributed by atoms with E-state index in [1.54, 1.807) is 7.11 Å². The molecule has 1 N–H and O–H groups in total. The minimum atomic E-state index is -0.0265. The topological polar surface area (TPSA) is 88.9 Å². The Morgan fingerprint density at radius 3 is 2.63 bits per heavy atom. The molecule has 4 aromatic heterocycles. The Hall–Kier alpha value is -4.30. The Morgan fingerprint density at radius 2 is 1.87 bits per heavy atom. The van der Waals surface area contributed by atoms with Gasteiger partial charge in [0.05, 0.1) is 30.9 Å². The highest BCUT2D eigenvalue weighted by atomic mass is 16.5. The lowest BCUT2D eigenvalue weighted by Crippen LogP contribution is -2.28. The first-order chi connectivity index (χ1) is 18.6. The van der Waals surface area contributed by atoms with Gasteiger partial charge in [-0.3, -0.25) is 14.7 Å². The van der Waals surface area contributed by atoms with Crippen LogP contribution in [-0.2, 0) is 19.5 Å². The maximum absolute atomic E-state index is 12.2. The van der Waals surface area contributed by atoms with E-state index in [0.29, 0.717) is 13.0 Å². The van der Waals surface area contributed by atoms with Crippen molar-refractivity contribution in [3.05, 3.63) is 99.7 Å². The van der Waals surface area contributed by atoms with Crippen LogP contribution in [0.5, 0.6) is 5.75 Å². The number of benzene rings is 1. The number of rotatable bonds is 7. The minimum absolute atomic E-state index is 0.0265. The second kappa shape index (κ2) is 10.2. The number of aryl methyl sites for hydroxylation is 1. The highest BCUT2D eigenvalue weighted by molar-refractivity contribution is 5.80. The van der Waals surface area contributed by atoms with E-state index in [4.69, 9.17) is 9.72 Å². The number of nitrogens with zero attached hydrogens (tertiary/aromatic N) is 5. The lowest BCUT2D eigenvalue weighted by Gasteiger charge is -2.26. The molecule has 8 heteroatoms. The summed E-state index contributed by atoms with van der Waals surface area (Å²) < 4.78 is 7.19. The first kappa shape index (κ1) is 24.1. The highest BCUT2D eigenvalue weighted by Crippen LogP contribution is 2.26. The van der Waals surface area contributed by atoms with Gasteiger partial charge in [-0.25, -0.2) is 9.67 Å². The van der Waals surface area contributed by atoms with Gasteiger partial charge >= 0.3 is 0 Å². The molecular formula is C30H30N6O2. The molecule has 8 nitrogen and oxygen atoms in total. The Balaban J connectivity index is 1.14. The lowest BCUT2D eigenvalue weighted by atomic mass is 10.00. The van der Waals surface area contributed by atoms with Crippen molar-refractivity contribution in [3.63, 3.8) is 0 Å². The van der Waals surface area contributed by atoms with Crippen LogP contribution in [0.1, 0.15) is 35.6 Å². The van der Waals surface area contributed by atoms with Gasteiger partial charge < -0.3 is 9.72 Å². The summed E-state index contributed by atoms with van der Waals surface area (Å²) in [6, 6.07) is 14.2. The van der Waals surface area contributed by atoms with Gasteiger partial charge in [-0.1, -0.05) is 25.1 Å². The van der Waals surface area contributed by atoms with Crippen LogP contribution in [0.3, 0.4) is 0 Å². The summed E-state index contributed by atoms with van der Waals surface area (Å²) in [7, 11) is 1.67. The Morgan fingerprint density at radius 1 is 1.00 bits per heavy atom. The molecule has 38 heavy (non-hydrogen) atoms. The maximum atomic E-state index is 12.2. The van der Waals surface area contributed by atoms with E-state index in [0.717, 1.165) is 76.1 Å². The SMILES string of the molecule is CCc1cc2ncc(CN3CC=C(c4cnc5c(cnn5Cc5ccc(OC)cc5)c4)CC3)cc2[nH]c1=O. The molecular weight excluding hydrogens is 476 g/mol. The molecule has 0 bridgehead atoms. The maximum Gasteiger partial charge on any atom is 0.251 e. The van der Waals surface area contributed by atoms with Gasteiger partial charge in [0.2, 0.25) is 0 Å². The van der Waals surface area contributed by atoms with Gasteiger partial charge in [0.15, 0.2) is 5.65 Å². The predicted molar refractivity (Wildman–Crippen MR) is 149 cm³/mol. The van der Waals surface area contributed by atoms with Crippen LogP contribution in [0, 0.1) is 0 Å². The van der Waals surface area contributed by atoms with E-state index in [9.17, 15) is 4.79 Å². The zero-order valence-corrected chi connectivity index (χ0v) is 21.6. The van der Waals surface area contributed by atoms with Gasteiger partial charge in [-0.05, 0) is 65.4 Å². The summed E-state index contributed by atoms with van der Waals surface area (Å²) >= 11 is 0. The van der Waals surface area contributed by atoms with Crippen LogP contribution in [0.25, 0.3) is 27.6 Å². The predicted octanol–water partition coefficient (Wildman–Crippen LogP) is 4.58. The zero-order chi connectivity index (χ0) is 26.1. The van der Waals surface area contributed by atoms with Crippen LogP contribution in [-0.4, -0.2) is 49.8 Å². The number of hydrogen-bond acceptors (Lipinski definition) is 6. The third-order valence-corrected chi connectivity index (χ3v) is 7.24. The second-order valence-corrected chi connectivity index (χ2v) is 9.76. The molecule has 1 aliphatic heterocycles. The van der Waals surface area contributed by atoms with E-state index >= 15 is 0 Å². The number of nitrogens with one attached hydrogen (secondary N) is 1. The third kappa shape index (κ3) is 4.82. The third-order valence-electron chi connectivity index (χ3n) is 7.24. The van der Waals surface area contributed by atoms with E-state index in [1.165, 1.54) is 5.57 Å². The van der Waals surface area contributed by atoms with E-state index in [-0.39, 0.29) is 5.56 Å². The number of hydrogen-bond donors (Lipinski definition) is 1. The van der Waals surface area contributed by atoms with Crippen molar-refractivity contribution in [1.82, 2.24) is 29.6 Å². The van der Waals surface area contributed by atoms with Crippen molar-refractivity contribution in [2.75, 3.05) is 20.2 Å². The van der Waals surface area contributed by atoms with E-state index < -0.39 is 0 Å². The number of methoxy groups -OCH3 is 1. The lowest BCUT2D eigenvalue weighted by molar-refractivity contribution is 0.293. The Labute approximate surface area is 220 Å². The number of pyridine rings is 3. The molecule has 0 atom stereocenters. The van der Waals surface area contributed by atoms with Crippen LogP contribution >= 0.6 is 0 Å². The number of H-pyrrole nitrogens is 1. The van der Waals surface area contributed by atoms with Crippen molar-refractivity contribution in [3.8, 4) is 5.75 Å². The van der Waals surface area contributed by atoms with Crippen LogP contribution in [0.15, 0.2) is 71.9 Å². The van der Waals surface area contributed by atoms with Gasteiger partial charge in [-0.2, -0.15) is 5.10 Å². The minimum Gasteiger partial charge on any atom is -0.497 e. The molecule has 0 fully saturated rings. The summed E-state index contributed by atoms with van der Waals surface area (Å²) in [5.41, 5.74) is 7.97. The fraction of sp³-hybridized carbons (Fsp3) is 0.267. The molecule has 0 radical (unpaired) electrons. The quantitative estimate of drug-likeness (QED) is 0.348. The molecule has 0 unspecified atom stereocenters. The first-order valence-corrected chi connectivity index (χ1v) is 13.0. The van der Waals surface area contributed by atoms with Crippen molar-refractivity contribution in [2.24, 2.45) is 0 Å². The summed E-state index contributed by atoms with van der Waals surface area (Å²) in [6.45, 7) is 5.24. The average Bonchev–Trinajstić information content (AvgIpc) is 3.35. The van der Waals surface area contributed by atoms with E-state index in [1.807, 2.05) is 54.5 Å². The molecule has 5 heterocycles. The molecule has 5 aromatic rings. The first-order valence-electron chi connectivity index (χ1n) is 13.0. The molecule has 0 saturated carbocycles. The molecule has 192 valence electrons. The van der Waals surface area contributed by atoms with Gasteiger partial charge in [0.1, 0.15) is 5.75 Å². The van der Waals surface area contributed by atoms with Crippen molar-refractivity contribution >= 4 is 27.6 Å². The smallest absolute Gasteiger partial charge is 0.251 e. The van der Waals surface area contributed by atoms with Gasteiger partial charge in [0, 0.05) is 43.0 Å². The monoisotopic (exact) mass is 506 g/mol.